The van der Waals surface area contributed by atoms with Crippen LogP contribution in [0.25, 0.3) is 0 Å². The van der Waals surface area contributed by atoms with Crippen LogP contribution in [-0.2, 0) is 26.5 Å². The maximum atomic E-state index is 11.9. The zero-order chi connectivity index (χ0) is 13.7. The van der Waals surface area contributed by atoms with Crippen molar-refractivity contribution in [3.05, 3.63) is 29.3 Å². The van der Waals surface area contributed by atoms with Crippen LogP contribution in [0.2, 0.25) is 0 Å². The van der Waals surface area contributed by atoms with Crippen LogP contribution in [0.15, 0.2) is 23.1 Å². The fraction of sp³-hybridized carbons (Fsp3) is 0.500. The van der Waals surface area contributed by atoms with Crippen LogP contribution in [0.5, 0.6) is 0 Å². The van der Waals surface area contributed by atoms with Crippen molar-refractivity contribution in [3.63, 3.8) is 0 Å². The zero-order valence-electron chi connectivity index (χ0n) is 10.6. The quantitative estimate of drug-likeness (QED) is 0.898. The summed E-state index contributed by atoms with van der Waals surface area (Å²) in [6.07, 6.45) is 3.45. The van der Waals surface area contributed by atoms with E-state index in [1.54, 1.807) is 18.2 Å². The summed E-state index contributed by atoms with van der Waals surface area (Å²) in [6, 6.07) is 5.09. The molecule has 1 aromatic rings. The molecule has 0 amide bonds. The molecule has 3 rings (SSSR count). The van der Waals surface area contributed by atoms with Crippen LogP contribution >= 0.6 is 0 Å². The molecular weight excluding hydrogens is 264 g/mol. The summed E-state index contributed by atoms with van der Waals surface area (Å²) in [4.78, 5) is 12.1. The Kier molecular flexibility index (Phi) is 2.71. The molecule has 0 aromatic heterocycles. The number of fused-ring (bicyclic) bond motifs is 1. The Bertz CT molecular complexity index is 639. The second kappa shape index (κ2) is 4.07. The first-order valence-electron chi connectivity index (χ1n) is 6.56. The fourth-order valence-corrected chi connectivity index (χ4v) is 5.05. The van der Waals surface area contributed by atoms with Crippen molar-refractivity contribution in [2.75, 3.05) is 5.75 Å². The Hall–Kier alpha value is -1.36. The lowest BCUT2D eigenvalue weighted by Crippen LogP contribution is -2.33. The summed E-state index contributed by atoms with van der Waals surface area (Å²) in [5.41, 5.74) is 0.605. The van der Waals surface area contributed by atoms with Crippen molar-refractivity contribution in [1.82, 2.24) is 0 Å². The molecule has 1 fully saturated rings. The van der Waals surface area contributed by atoms with Gasteiger partial charge >= 0.3 is 5.97 Å². The van der Waals surface area contributed by atoms with Gasteiger partial charge in [-0.3, -0.25) is 4.79 Å². The van der Waals surface area contributed by atoms with Crippen molar-refractivity contribution in [3.8, 4) is 0 Å². The number of hydrogen-bond donors (Lipinski definition) is 1. The monoisotopic (exact) mass is 280 g/mol. The predicted octanol–water partition coefficient (Wildman–Crippen LogP) is 1.91. The number of rotatable bonds is 2. The van der Waals surface area contributed by atoms with Crippen molar-refractivity contribution < 1.29 is 18.3 Å². The SMILES string of the molecule is O=C(O)C1(c2cccc3c2CCS3(=O)=O)CCCC1. The van der Waals surface area contributed by atoms with Gasteiger partial charge in [-0.2, -0.15) is 0 Å². The van der Waals surface area contributed by atoms with E-state index < -0.39 is 21.2 Å². The van der Waals surface area contributed by atoms with Crippen LogP contribution in [0.1, 0.15) is 36.8 Å². The third-order valence-corrected chi connectivity index (χ3v) is 6.27. The van der Waals surface area contributed by atoms with E-state index >= 15 is 0 Å². The number of carbonyl (C=O) groups is 1. The predicted molar refractivity (Wildman–Crippen MR) is 70.0 cm³/mol. The molecule has 0 radical (unpaired) electrons. The molecule has 0 saturated heterocycles. The standard InChI is InChI=1S/C14H16O4S/c15-13(16)14(7-1-2-8-14)11-4-3-5-12-10(11)6-9-19(12,17)18/h3-5H,1-2,6-9H2,(H,15,16). The highest BCUT2D eigenvalue weighted by Gasteiger charge is 2.45. The Morgan fingerprint density at radius 3 is 2.53 bits per heavy atom. The number of hydrogen-bond acceptors (Lipinski definition) is 3. The van der Waals surface area contributed by atoms with Crippen molar-refractivity contribution in [2.45, 2.75) is 42.4 Å². The number of aliphatic carboxylic acids is 1. The first-order valence-corrected chi connectivity index (χ1v) is 8.21. The number of carboxylic acid groups (broad SMARTS) is 1. The van der Waals surface area contributed by atoms with Crippen LogP contribution in [0.3, 0.4) is 0 Å². The van der Waals surface area contributed by atoms with E-state index in [0.717, 1.165) is 24.0 Å². The molecule has 0 atom stereocenters. The van der Waals surface area contributed by atoms with Crippen LogP contribution in [0.4, 0.5) is 0 Å². The Labute approximate surface area is 112 Å². The van der Waals surface area contributed by atoms with E-state index in [1.807, 2.05) is 0 Å². The van der Waals surface area contributed by atoms with E-state index in [1.165, 1.54) is 0 Å². The lowest BCUT2D eigenvalue weighted by atomic mass is 9.76. The normalized spacial score (nSPS) is 23.2. The second-order valence-electron chi connectivity index (χ2n) is 5.45. The molecular formula is C14H16O4S. The third kappa shape index (κ3) is 1.71. The number of benzene rings is 1. The molecule has 2 aliphatic rings. The van der Waals surface area contributed by atoms with Gasteiger partial charge < -0.3 is 5.11 Å². The molecule has 1 aliphatic heterocycles. The highest BCUT2D eigenvalue weighted by Crippen LogP contribution is 2.45. The topological polar surface area (TPSA) is 71.4 Å². The molecule has 4 nitrogen and oxygen atoms in total. The van der Waals surface area contributed by atoms with Gasteiger partial charge in [0.2, 0.25) is 0 Å². The number of carboxylic acids is 1. The van der Waals surface area contributed by atoms with Gasteiger partial charge in [-0.25, -0.2) is 8.42 Å². The lowest BCUT2D eigenvalue weighted by Gasteiger charge is -2.26. The summed E-state index contributed by atoms with van der Waals surface area (Å²) >= 11 is 0. The molecule has 5 heteroatoms. The van der Waals surface area contributed by atoms with Gasteiger partial charge in [0, 0.05) is 0 Å². The summed E-state index contributed by atoms with van der Waals surface area (Å²) in [5.74, 6) is -0.711. The molecule has 1 N–H and O–H groups in total. The van der Waals surface area contributed by atoms with Crippen molar-refractivity contribution in [2.24, 2.45) is 0 Å². The van der Waals surface area contributed by atoms with Gasteiger partial charge in [0.15, 0.2) is 9.84 Å². The van der Waals surface area contributed by atoms with Crippen molar-refractivity contribution >= 4 is 15.8 Å². The highest BCUT2D eigenvalue weighted by molar-refractivity contribution is 7.91. The van der Waals surface area contributed by atoms with Crippen LogP contribution < -0.4 is 0 Å². The van der Waals surface area contributed by atoms with Gasteiger partial charge in [-0.1, -0.05) is 25.0 Å². The van der Waals surface area contributed by atoms with Gasteiger partial charge in [-0.15, -0.1) is 0 Å². The maximum Gasteiger partial charge on any atom is 0.314 e. The maximum absolute atomic E-state index is 11.9. The van der Waals surface area contributed by atoms with Crippen LogP contribution in [-0.4, -0.2) is 25.2 Å². The van der Waals surface area contributed by atoms with Gasteiger partial charge in [-0.05, 0) is 36.5 Å². The average Bonchev–Trinajstić information content (AvgIpc) is 2.96. The van der Waals surface area contributed by atoms with Crippen molar-refractivity contribution in [1.29, 1.82) is 0 Å². The van der Waals surface area contributed by atoms with Gasteiger partial charge in [0.25, 0.3) is 0 Å². The molecule has 1 heterocycles. The second-order valence-corrected chi connectivity index (χ2v) is 7.52. The molecule has 19 heavy (non-hydrogen) atoms. The van der Waals surface area contributed by atoms with E-state index in [2.05, 4.69) is 0 Å². The smallest absolute Gasteiger partial charge is 0.314 e. The molecule has 0 bridgehead atoms. The summed E-state index contributed by atoms with van der Waals surface area (Å²) in [7, 11) is -3.20. The minimum absolute atomic E-state index is 0.106. The number of sulfone groups is 1. The van der Waals surface area contributed by atoms with Gasteiger partial charge in [0.1, 0.15) is 0 Å². The minimum atomic E-state index is -3.20. The first kappa shape index (κ1) is 12.7. The lowest BCUT2D eigenvalue weighted by molar-refractivity contribution is -0.143. The highest BCUT2D eigenvalue weighted by atomic mass is 32.2. The van der Waals surface area contributed by atoms with E-state index in [4.69, 9.17) is 0 Å². The fourth-order valence-electron chi connectivity index (χ4n) is 3.49. The third-order valence-electron chi connectivity index (χ3n) is 4.47. The van der Waals surface area contributed by atoms with E-state index in [9.17, 15) is 18.3 Å². The molecule has 0 unspecified atom stereocenters. The van der Waals surface area contributed by atoms with E-state index in [-0.39, 0.29) is 5.75 Å². The Balaban J connectivity index is 2.23. The zero-order valence-corrected chi connectivity index (χ0v) is 11.4. The summed E-state index contributed by atoms with van der Waals surface area (Å²) in [6.45, 7) is 0. The summed E-state index contributed by atoms with van der Waals surface area (Å²) in [5, 5.41) is 9.63. The molecule has 1 saturated carbocycles. The van der Waals surface area contributed by atoms with Crippen LogP contribution in [0, 0.1) is 0 Å². The molecule has 0 spiro atoms. The minimum Gasteiger partial charge on any atom is -0.481 e. The largest absolute Gasteiger partial charge is 0.481 e. The Morgan fingerprint density at radius 1 is 1.21 bits per heavy atom. The molecule has 1 aliphatic carbocycles. The molecule has 1 aromatic carbocycles. The first-order chi connectivity index (χ1) is 8.97. The Morgan fingerprint density at radius 2 is 1.89 bits per heavy atom. The van der Waals surface area contributed by atoms with E-state index in [0.29, 0.717) is 24.2 Å². The van der Waals surface area contributed by atoms with Gasteiger partial charge in [0.05, 0.1) is 16.1 Å². The summed E-state index contributed by atoms with van der Waals surface area (Å²) < 4.78 is 23.9. The average molecular weight is 280 g/mol. The molecule has 102 valence electrons.